The van der Waals surface area contributed by atoms with Crippen molar-refractivity contribution in [1.29, 1.82) is 0 Å². The van der Waals surface area contributed by atoms with Crippen LogP contribution in [-0.4, -0.2) is 15.4 Å². The van der Waals surface area contributed by atoms with Gasteiger partial charge in [0.2, 0.25) is 0 Å². The Morgan fingerprint density at radius 3 is 2.90 bits per heavy atom. The van der Waals surface area contributed by atoms with E-state index in [-0.39, 0.29) is 6.61 Å². The van der Waals surface area contributed by atoms with E-state index in [4.69, 9.17) is 15.0 Å². The minimum Gasteiger partial charge on any atom is -0.482 e. The van der Waals surface area contributed by atoms with Crippen molar-refractivity contribution in [2.24, 2.45) is 0 Å². The third-order valence-corrected chi connectivity index (χ3v) is 4.90. The second kappa shape index (κ2) is 6.85. The molecule has 1 fully saturated rings. The highest BCUT2D eigenvalue weighted by atomic mass is 32.2. The SMILES string of the molecule is Nc1ccccc1OCc1nc(CSC2CCCC2)no1. The predicted octanol–water partition coefficient (Wildman–Crippen LogP) is 3.41. The fraction of sp³-hybridized carbons (Fsp3) is 0.467. The van der Waals surface area contributed by atoms with E-state index in [1.54, 1.807) is 6.07 Å². The van der Waals surface area contributed by atoms with Gasteiger partial charge in [0.1, 0.15) is 5.75 Å². The Labute approximate surface area is 128 Å². The lowest BCUT2D eigenvalue weighted by Crippen LogP contribution is -1.99. The third-order valence-electron chi connectivity index (χ3n) is 3.53. The van der Waals surface area contributed by atoms with E-state index in [1.807, 2.05) is 30.0 Å². The van der Waals surface area contributed by atoms with Crippen molar-refractivity contribution in [2.75, 3.05) is 5.73 Å². The summed E-state index contributed by atoms with van der Waals surface area (Å²) in [5, 5.41) is 4.75. The molecular formula is C15H19N3O2S. The second-order valence-corrected chi connectivity index (χ2v) is 6.44. The molecule has 1 aliphatic carbocycles. The van der Waals surface area contributed by atoms with Gasteiger partial charge in [0.15, 0.2) is 12.4 Å². The van der Waals surface area contributed by atoms with E-state index in [1.165, 1.54) is 25.7 Å². The summed E-state index contributed by atoms with van der Waals surface area (Å²) in [5.74, 6) is 2.67. The summed E-state index contributed by atoms with van der Waals surface area (Å²) in [5.41, 5.74) is 6.42. The standard InChI is InChI=1S/C15H19N3O2S/c16-12-7-3-4-8-13(12)19-9-15-17-14(18-20-15)10-21-11-5-1-2-6-11/h3-4,7-8,11H,1-2,5-6,9-10,16H2. The summed E-state index contributed by atoms with van der Waals surface area (Å²) in [7, 11) is 0. The highest BCUT2D eigenvalue weighted by Crippen LogP contribution is 2.31. The number of para-hydroxylation sites is 2. The molecule has 1 saturated carbocycles. The summed E-state index contributed by atoms with van der Waals surface area (Å²) in [6.45, 7) is 0.245. The molecule has 0 radical (unpaired) electrons. The van der Waals surface area contributed by atoms with E-state index in [2.05, 4.69) is 10.1 Å². The molecule has 6 heteroatoms. The number of thioether (sulfide) groups is 1. The Bertz CT molecular complexity index is 582. The Balaban J connectivity index is 1.49. The van der Waals surface area contributed by atoms with Crippen molar-refractivity contribution in [3.05, 3.63) is 36.0 Å². The number of hydrogen-bond donors (Lipinski definition) is 1. The van der Waals surface area contributed by atoms with Crippen LogP contribution in [0.5, 0.6) is 5.75 Å². The Morgan fingerprint density at radius 1 is 1.29 bits per heavy atom. The highest BCUT2D eigenvalue weighted by molar-refractivity contribution is 7.99. The first-order chi connectivity index (χ1) is 10.3. The number of nitrogens with two attached hydrogens (primary N) is 1. The molecule has 1 aliphatic rings. The van der Waals surface area contributed by atoms with Gasteiger partial charge in [-0.25, -0.2) is 0 Å². The maximum atomic E-state index is 5.81. The average molecular weight is 305 g/mol. The van der Waals surface area contributed by atoms with Crippen LogP contribution in [0.3, 0.4) is 0 Å². The fourth-order valence-corrected chi connectivity index (χ4v) is 3.57. The van der Waals surface area contributed by atoms with Gasteiger partial charge in [-0.2, -0.15) is 16.7 Å². The maximum absolute atomic E-state index is 5.81. The lowest BCUT2D eigenvalue weighted by atomic mass is 10.3. The lowest BCUT2D eigenvalue weighted by molar-refractivity contribution is 0.243. The molecule has 2 aromatic rings. The minimum atomic E-state index is 0.245. The molecule has 112 valence electrons. The van der Waals surface area contributed by atoms with Gasteiger partial charge in [-0.15, -0.1) is 0 Å². The lowest BCUT2D eigenvalue weighted by Gasteiger charge is -2.05. The van der Waals surface area contributed by atoms with Gasteiger partial charge in [-0.1, -0.05) is 30.1 Å². The number of rotatable bonds is 6. The van der Waals surface area contributed by atoms with Gasteiger partial charge in [0, 0.05) is 5.25 Å². The zero-order valence-electron chi connectivity index (χ0n) is 11.8. The van der Waals surface area contributed by atoms with Crippen LogP contribution in [0.25, 0.3) is 0 Å². The molecule has 0 bridgehead atoms. The Hall–Kier alpha value is -1.69. The van der Waals surface area contributed by atoms with Crippen LogP contribution in [0, 0.1) is 0 Å². The van der Waals surface area contributed by atoms with Crippen molar-refractivity contribution < 1.29 is 9.26 Å². The van der Waals surface area contributed by atoms with Crippen molar-refractivity contribution in [3.8, 4) is 5.75 Å². The quantitative estimate of drug-likeness (QED) is 0.824. The number of nitrogens with zero attached hydrogens (tertiary/aromatic N) is 2. The number of aromatic nitrogens is 2. The van der Waals surface area contributed by atoms with Crippen molar-refractivity contribution in [2.45, 2.75) is 43.3 Å². The van der Waals surface area contributed by atoms with E-state index in [9.17, 15) is 0 Å². The highest BCUT2D eigenvalue weighted by Gasteiger charge is 2.17. The van der Waals surface area contributed by atoms with Crippen LogP contribution in [0.1, 0.15) is 37.4 Å². The number of anilines is 1. The molecule has 0 aliphatic heterocycles. The summed E-state index contributed by atoms with van der Waals surface area (Å²) in [6.07, 6.45) is 5.32. The summed E-state index contributed by atoms with van der Waals surface area (Å²) < 4.78 is 10.8. The smallest absolute Gasteiger partial charge is 0.264 e. The molecule has 2 N–H and O–H groups in total. The van der Waals surface area contributed by atoms with Crippen LogP contribution >= 0.6 is 11.8 Å². The fourth-order valence-electron chi connectivity index (χ4n) is 2.41. The zero-order chi connectivity index (χ0) is 14.5. The van der Waals surface area contributed by atoms with Crippen LogP contribution in [0.2, 0.25) is 0 Å². The molecule has 0 saturated heterocycles. The molecular weight excluding hydrogens is 286 g/mol. The molecule has 1 heterocycles. The molecule has 21 heavy (non-hydrogen) atoms. The van der Waals surface area contributed by atoms with E-state index < -0.39 is 0 Å². The number of ether oxygens (including phenoxy) is 1. The Kier molecular flexibility index (Phi) is 4.65. The van der Waals surface area contributed by atoms with Crippen LogP contribution in [0.15, 0.2) is 28.8 Å². The normalized spacial score (nSPS) is 15.4. The predicted molar refractivity (Wildman–Crippen MR) is 83.0 cm³/mol. The monoisotopic (exact) mass is 305 g/mol. The number of nitrogen functional groups attached to an aromatic ring is 1. The van der Waals surface area contributed by atoms with Crippen LogP contribution in [0.4, 0.5) is 5.69 Å². The maximum Gasteiger partial charge on any atom is 0.264 e. The van der Waals surface area contributed by atoms with E-state index in [0.29, 0.717) is 17.3 Å². The largest absolute Gasteiger partial charge is 0.482 e. The summed E-state index contributed by atoms with van der Waals surface area (Å²) in [6, 6.07) is 7.37. The minimum absolute atomic E-state index is 0.245. The van der Waals surface area contributed by atoms with E-state index >= 15 is 0 Å². The van der Waals surface area contributed by atoms with Gasteiger partial charge in [-0.3, -0.25) is 0 Å². The molecule has 0 unspecified atom stereocenters. The first kappa shape index (κ1) is 14.3. The molecule has 5 nitrogen and oxygen atoms in total. The zero-order valence-corrected chi connectivity index (χ0v) is 12.6. The van der Waals surface area contributed by atoms with Gasteiger partial charge < -0.3 is 15.0 Å². The average Bonchev–Trinajstić information content (AvgIpc) is 3.16. The molecule has 0 spiro atoms. The van der Waals surface area contributed by atoms with Crippen molar-refractivity contribution in [3.63, 3.8) is 0 Å². The molecule has 3 rings (SSSR count). The summed E-state index contributed by atoms with van der Waals surface area (Å²) >= 11 is 1.92. The third kappa shape index (κ3) is 3.91. The van der Waals surface area contributed by atoms with Crippen LogP contribution in [-0.2, 0) is 12.4 Å². The molecule has 1 aromatic heterocycles. The summed E-state index contributed by atoms with van der Waals surface area (Å²) in [4.78, 5) is 4.35. The first-order valence-electron chi connectivity index (χ1n) is 7.21. The van der Waals surface area contributed by atoms with Gasteiger partial charge >= 0.3 is 0 Å². The van der Waals surface area contributed by atoms with Crippen LogP contribution < -0.4 is 10.5 Å². The van der Waals surface area contributed by atoms with Crippen molar-refractivity contribution >= 4 is 17.4 Å². The first-order valence-corrected chi connectivity index (χ1v) is 8.26. The van der Waals surface area contributed by atoms with E-state index in [0.717, 1.165) is 16.8 Å². The Morgan fingerprint density at radius 2 is 2.10 bits per heavy atom. The molecule has 0 amide bonds. The molecule has 1 aromatic carbocycles. The number of benzene rings is 1. The number of hydrogen-bond acceptors (Lipinski definition) is 6. The second-order valence-electron chi connectivity index (χ2n) is 5.15. The molecule has 0 atom stereocenters. The van der Waals surface area contributed by atoms with Gasteiger partial charge in [0.05, 0.1) is 11.4 Å². The van der Waals surface area contributed by atoms with Gasteiger partial charge in [0.25, 0.3) is 5.89 Å². The van der Waals surface area contributed by atoms with Gasteiger partial charge in [-0.05, 0) is 25.0 Å². The van der Waals surface area contributed by atoms with Crippen molar-refractivity contribution in [1.82, 2.24) is 10.1 Å². The topological polar surface area (TPSA) is 74.2 Å².